The minimum absolute atomic E-state index is 0.110. The van der Waals surface area contributed by atoms with Crippen LogP contribution in [0.5, 0.6) is 0 Å². The second-order valence-electron chi connectivity index (χ2n) is 13.5. The van der Waals surface area contributed by atoms with E-state index in [2.05, 4.69) is 146 Å². The Morgan fingerprint density at radius 3 is 1.24 bits per heavy atom. The van der Waals surface area contributed by atoms with Crippen LogP contribution in [0.4, 0.5) is 22.7 Å². The summed E-state index contributed by atoms with van der Waals surface area (Å²) in [6.07, 6.45) is 4.85. The predicted molar refractivity (Wildman–Crippen MR) is 189 cm³/mol. The monoisotopic (exact) mass is 580 g/mol. The van der Waals surface area contributed by atoms with Crippen LogP contribution in [0.3, 0.4) is 0 Å². The molecule has 0 aromatic heterocycles. The molecule has 9 rings (SSSR count). The normalized spacial score (nSPS) is 14.7. The Kier molecular flexibility index (Phi) is 5.83. The molecule has 3 aliphatic carbocycles. The molecular weight excluding hydrogens is 544 g/mol. The molecule has 0 unspecified atom stereocenters. The highest BCUT2D eigenvalue weighted by Crippen LogP contribution is 2.50. The molecule has 2 nitrogen and oxygen atoms in total. The van der Waals surface area contributed by atoms with Gasteiger partial charge in [-0.25, -0.2) is 0 Å². The van der Waals surface area contributed by atoms with Crippen LogP contribution in [0.15, 0.2) is 121 Å². The van der Waals surface area contributed by atoms with E-state index in [1.54, 1.807) is 0 Å². The van der Waals surface area contributed by atoms with Gasteiger partial charge in [0.2, 0.25) is 0 Å². The average molecular weight is 581 g/mol. The molecule has 3 aliphatic rings. The van der Waals surface area contributed by atoms with Crippen molar-refractivity contribution in [1.29, 1.82) is 0 Å². The van der Waals surface area contributed by atoms with E-state index in [1.807, 2.05) is 0 Å². The van der Waals surface area contributed by atoms with Crippen LogP contribution in [0.1, 0.15) is 47.2 Å². The van der Waals surface area contributed by atoms with Gasteiger partial charge < -0.3 is 10.6 Å². The standard InChI is InChI=1S/C43H36N2/c1-43(2)41-25-37(44-35-7-3-5-29(23-35)33-15-11-27-9-13-31(27)21-33)17-19-39(41)40-20-18-38(26-42(40)43)45-36-8-4-6-30(24-36)34-16-12-28-10-14-32(28)22-34/h3-8,11-12,15-26,44-45H,9-10,13-14H2,1-2H3. The molecule has 0 fully saturated rings. The van der Waals surface area contributed by atoms with E-state index in [0.29, 0.717) is 0 Å². The van der Waals surface area contributed by atoms with Gasteiger partial charge in [0.15, 0.2) is 0 Å². The zero-order valence-corrected chi connectivity index (χ0v) is 25.9. The lowest BCUT2D eigenvalue weighted by atomic mass is 9.82. The second kappa shape index (κ2) is 9.97. The van der Waals surface area contributed by atoms with Crippen molar-refractivity contribution in [2.24, 2.45) is 0 Å². The third-order valence-corrected chi connectivity index (χ3v) is 10.4. The van der Waals surface area contributed by atoms with Gasteiger partial charge in [-0.1, -0.05) is 86.6 Å². The van der Waals surface area contributed by atoms with E-state index in [1.165, 1.54) is 92.4 Å². The van der Waals surface area contributed by atoms with Crippen molar-refractivity contribution < 1.29 is 0 Å². The Labute approximate surface area is 265 Å². The Balaban J connectivity index is 0.967. The van der Waals surface area contributed by atoms with Gasteiger partial charge in [-0.3, -0.25) is 0 Å². The maximum absolute atomic E-state index is 3.71. The van der Waals surface area contributed by atoms with Crippen LogP contribution >= 0.6 is 0 Å². The molecule has 2 heteroatoms. The molecule has 0 spiro atoms. The van der Waals surface area contributed by atoms with Crippen LogP contribution in [0.2, 0.25) is 0 Å². The molecule has 0 aliphatic heterocycles. The predicted octanol–water partition coefficient (Wildman–Crippen LogP) is 11.0. The van der Waals surface area contributed by atoms with Crippen LogP contribution < -0.4 is 10.6 Å². The average Bonchev–Trinajstić information content (AvgIpc) is 3.24. The molecule has 45 heavy (non-hydrogen) atoms. The number of hydrogen-bond acceptors (Lipinski definition) is 2. The van der Waals surface area contributed by atoms with E-state index in [9.17, 15) is 0 Å². The van der Waals surface area contributed by atoms with Crippen molar-refractivity contribution in [3.63, 3.8) is 0 Å². The van der Waals surface area contributed by atoms with Crippen LogP contribution in [0, 0.1) is 0 Å². The largest absolute Gasteiger partial charge is 0.356 e. The van der Waals surface area contributed by atoms with Crippen molar-refractivity contribution in [2.45, 2.75) is 44.9 Å². The maximum Gasteiger partial charge on any atom is 0.0390 e. The molecule has 0 radical (unpaired) electrons. The van der Waals surface area contributed by atoms with Crippen molar-refractivity contribution in [3.05, 3.63) is 155 Å². The Hall–Kier alpha value is -5.08. The molecule has 0 bridgehead atoms. The lowest BCUT2D eigenvalue weighted by Crippen LogP contribution is -2.15. The molecule has 6 aromatic rings. The summed E-state index contributed by atoms with van der Waals surface area (Å²) in [6.45, 7) is 4.70. The summed E-state index contributed by atoms with van der Waals surface area (Å²) in [5.74, 6) is 0. The Morgan fingerprint density at radius 1 is 0.400 bits per heavy atom. The maximum atomic E-state index is 3.71. The third-order valence-electron chi connectivity index (χ3n) is 10.4. The molecule has 0 heterocycles. The summed E-state index contributed by atoms with van der Waals surface area (Å²) >= 11 is 0. The fourth-order valence-corrected chi connectivity index (χ4v) is 7.53. The number of hydrogen-bond donors (Lipinski definition) is 2. The number of rotatable bonds is 6. The first-order valence-corrected chi connectivity index (χ1v) is 16.3. The fourth-order valence-electron chi connectivity index (χ4n) is 7.53. The van der Waals surface area contributed by atoms with E-state index in [-0.39, 0.29) is 5.41 Å². The van der Waals surface area contributed by atoms with E-state index in [4.69, 9.17) is 0 Å². The Bertz CT molecular complexity index is 2000. The highest BCUT2D eigenvalue weighted by Gasteiger charge is 2.35. The fraction of sp³-hybridized carbons (Fsp3) is 0.163. The lowest BCUT2D eigenvalue weighted by Gasteiger charge is -2.23. The summed E-state index contributed by atoms with van der Waals surface area (Å²) in [6, 6.07) is 45.1. The van der Waals surface area contributed by atoms with Gasteiger partial charge in [0.1, 0.15) is 0 Å². The molecule has 6 aromatic carbocycles. The minimum atomic E-state index is -0.110. The summed E-state index contributed by atoms with van der Waals surface area (Å²) in [4.78, 5) is 0. The van der Waals surface area contributed by atoms with Gasteiger partial charge in [0, 0.05) is 28.2 Å². The summed E-state index contributed by atoms with van der Waals surface area (Å²) in [5, 5.41) is 7.42. The summed E-state index contributed by atoms with van der Waals surface area (Å²) in [5.41, 5.74) is 20.8. The van der Waals surface area contributed by atoms with E-state index in [0.717, 1.165) is 22.7 Å². The highest BCUT2D eigenvalue weighted by molar-refractivity contribution is 5.85. The first-order chi connectivity index (χ1) is 22.0. The van der Waals surface area contributed by atoms with Crippen molar-refractivity contribution in [1.82, 2.24) is 0 Å². The number of aryl methyl sites for hydroxylation is 4. The van der Waals surface area contributed by atoms with Crippen LogP contribution in [0.25, 0.3) is 33.4 Å². The molecule has 0 atom stereocenters. The molecule has 0 amide bonds. The first-order valence-electron chi connectivity index (χ1n) is 16.3. The van der Waals surface area contributed by atoms with E-state index >= 15 is 0 Å². The summed E-state index contributed by atoms with van der Waals surface area (Å²) < 4.78 is 0. The molecule has 218 valence electrons. The SMILES string of the molecule is CC1(C)c2cc(Nc3cccc(-c4ccc5c(c4)CC5)c3)ccc2-c2ccc(Nc3cccc(-c4ccc5c(c4)CC5)c3)cc21. The number of benzene rings is 6. The van der Waals surface area contributed by atoms with Crippen LogP contribution in [-0.2, 0) is 31.1 Å². The zero-order valence-electron chi connectivity index (χ0n) is 25.9. The van der Waals surface area contributed by atoms with Crippen LogP contribution in [-0.4, -0.2) is 0 Å². The topological polar surface area (TPSA) is 24.1 Å². The van der Waals surface area contributed by atoms with Gasteiger partial charge in [-0.15, -0.1) is 0 Å². The van der Waals surface area contributed by atoms with Gasteiger partial charge in [-0.2, -0.15) is 0 Å². The number of anilines is 4. The van der Waals surface area contributed by atoms with Gasteiger partial charge >= 0.3 is 0 Å². The van der Waals surface area contributed by atoms with Crippen molar-refractivity contribution in [3.8, 4) is 33.4 Å². The molecule has 0 saturated heterocycles. The summed E-state index contributed by atoms with van der Waals surface area (Å²) in [7, 11) is 0. The van der Waals surface area contributed by atoms with Crippen molar-refractivity contribution in [2.75, 3.05) is 10.6 Å². The van der Waals surface area contributed by atoms with E-state index < -0.39 is 0 Å². The first kappa shape index (κ1) is 26.3. The highest BCUT2D eigenvalue weighted by atomic mass is 14.9. The second-order valence-corrected chi connectivity index (χ2v) is 13.5. The zero-order chi connectivity index (χ0) is 30.1. The quantitative estimate of drug-likeness (QED) is 0.205. The number of nitrogens with one attached hydrogen (secondary N) is 2. The minimum Gasteiger partial charge on any atom is -0.356 e. The lowest BCUT2D eigenvalue weighted by molar-refractivity contribution is 0.661. The Morgan fingerprint density at radius 2 is 0.822 bits per heavy atom. The molecule has 2 N–H and O–H groups in total. The molecular formula is C43H36N2. The molecule has 0 saturated carbocycles. The smallest absolute Gasteiger partial charge is 0.0390 e. The van der Waals surface area contributed by atoms with Gasteiger partial charge in [0.05, 0.1) is 0 Å². The number of fused-ring (bicyclic) bond motifs is 5. The third kappa shape index (κ3) is 4.47. The van der Waals surface area contributed by atoms with Gasteiger partial charge in [-0.05, 0) is 141 Å². The van der Waals surface area contributed by atoms with Crippen molar-refractivity contribution >= 4 is 22.7 Å². The van der Waals surface area contributed by atoms with Gasteiger partial charge in [0.25, 0.3) is 0 Å².